The fourth-order valence-electron chi connectivity index (χ4n) is 1.79. The molecule has 0 spiro atoms. The third kappa shape index (κ3) is 2.35. The molecule has 0 saturated carbocycles. The summed E-state index contributed by atoms with van der Waals surface area (Å²) in [6.07, 6.45) is 6.12. The van der Waals surface area contributed by atoms with Gasteiger partial charge in [-0.2, -0.15) is 10.1 Å². The lowest BCUT2D eigenvalue weighted by atomic mass is 10.4. The molecule has 0 N–H and O–H groups in total. The third-order valence-electron chi connectivity index (χ3n) is 2.69. The van der Waals surface area contributed by atoms with Crippen LogP contribution in [0.1, 0.15) is 18.6 Å². The van der Waals surface area contributed by atoms with Gasteiger partial charge in [0, 0.05) is 25.0 Å². The Morgan fingerprint density at radius 3 is 3.05 bits per heavy atom. The van der Waals surface area contributed by atoms with Crippen LogP contribution >= 0.6 is 0 Å². The van der Waals surface area contributed by atoms with Gasteiger partial charge in [0.1, 0.15) is 18.1 Å². The predicted octanol–water partition coefficient (Wildman–Crippen LogP) is 1.33. The maximum absolute atomic E-state index is 5.21. The van der Waals surface area contributed by atoms with Crippen molar-refractivity contribution in [2.75, 3.05) is 0 Å². The third-order valence-corrected chi connectivity index (χ3v) is 2.69. The molecule has 0 aromatic carbocycles. The molecule has 0 unspecified atom stereocenters. The van der Waals surface area contributed by atoms with Crippen molar-refractivity contribution in [1.82, 2.24) is 29.9 Å². The molecule has 0 amide bonds. The Morgan fingerprint density at radius 1 is 1.32 bits per heavy atom. The molecule has 3 heterocycles. The summed E-state index contributed by atoms with van der Waals surface area (Å²) >= 11 is 0. The summed E-state index contributed by atoms with van der Waals surface area (Å²) in [6, 6.07) is 3.57. The smallest absolute Gasteiger partial charge is 0.246 e. The van der Waals surface area contributed by atoms with Gasteiger partial charge < -0.3 is 9.09 Å². The van der Waals surface area contributed by atoms with Crippen LogP contribution in [0.4, 0.5) is 0 Å². The van der Waals surface area contributed by atoms with Crippen LogP contribution in [0.3, 0.4) is 0 Å². The lowest BCUT2D eigenvalue weighted by Crippen LogP contribution is -2.03. The monoisotopic (exact) mass is 256 g/mol. The van der Waals surface area contributed by atoms with Crippen LogP contribution in [0.25, 0.3) is 11.5 Å². The van der Waals surface area contributed by atoms with Gasteiger partial charge in [-0.3, -0.25) is 0 Å². The van der Waals surface area contributed by atoms with Crippen molar-refractivity contribution < 1.29 is 4.52 Å². The first-order chi connectivity index (χ1) is 9.36. The van der Waals surface area contributed by atoms with Crippen molar-refractivity contribution in [3.05, 3.63) is 42.4 Å². The van der Waals surface area contributed by atoms with Crippen LogP contribution in [-0.4, -0.2) is 29.9 Å². The van der Waals surface area contributed by atoms with Crippen molar-refractivity contribution in [1.29, 1.82) is 0 Å². The van der Waals surface area contributed by atoms with Gasteiger partial charge in [0.25, 0.3) is 0 Å². The lowest BCUT2D eigenvalue weighted by Gasteiger charge is -2.01. The minimum absolute atomic E-state index is 0.446. The van der Waals surface area contributed by atoms with E-state index in [0.29, 0.717) is 24.0 Å². The first-order valence-corrected chi connectivity index (χ1v) is 5.97. The lowest BCUT2D eigenvalue weighted by molar-refractivity contribution is 0.370. The normalized spacial score (nSPS) is 10.8. The van der Waals surface area contributed by atoms with Crippen molar-refractivity contribution in [2.24, 2.45) is 0 Å². The molecule has 19 heavy (non-hydrogen) atoms. The molecule has 96 valence electrons. The second-order valence-electron chi connectivity index (χ2n) is 3.95. The quantitative estimate of drug-likeness (QED) is 0.700. The maximum Gasteiger partial charge on any atom is 0.246 e. The van der Waals surface area contributed by atoms with Gasteiger partial charge >= 0.3 is 0 Å². The number of imidazole rings is 1. The summed E-state index contributed by atoms with van der Waals surface area (Å²) in [6.45, 7) is 2.56. The summed E-state index contributed by atoms with van der Waals surface area (Å²) in [5.74, 6) is 1.95. The number of aryl methyl sites for hydroxylation is 1. The van der Waals surface area contributed by atoms with E-state index >= 15 is 0 Å². The predicted molar refractivity (Wildman–Crippen MR) is 66.0 cm³/mol. The molecular formula is C12H12N6O. The minimum atomic E-state index is 0.446. The molecule has 0 aliphatic rings. The number of aromatic nitrogens is 6. The fraction of sp³-hybridized carbons (Fsp3) is 0.250. The topological polar surface area (TPSA) is 82.5 Å². The Labute approximate surface area is 109 Å². The van der Waals surface area contributed by atoms with Crippen molar-refractivity contribution in [2.45, 2.75) is 19.9 Å². The van der Waals surface area contributed by atoms with Gasteiger partial charge in [-0.25, -0.2) is 4.98 Å². The SMILES string of the molecule is CCc1nccn1Cc1nc(-c2cccnn2)no1. The molecule has 0 bridgehead atoms. The summed E-state index contributed by atoms with van der Waals surface area (Å²) in [5, 5.41) is 11.6. The largest absolute Gasteiger partial charge is 0.337 e. The first kappa shape index (κ1) is 11.5. The standard InChI is InChI=1S/C12H12N6O/c1-2-10-13-6-7-18(10)8-11-15-12(17-19-11)9-4-3-5-14-16-9/h3-7H,2,8H2,1H3. The van der Waals surface area contributed by atoms with E-state index in [9.17, 15) is 0 Å². The molecule has 0 saturated heterocycles. The summed E-state index contributed by atoms with van der Waals surface area (Å²) in [4.78, 5) is 8.55. The highest BCUT2D eigenvalue weighted by Crippen LogP contribution is 2.12. The van der Waals surface area contributed by atoms with E-state index in [1.54, 1.807) is 24.5 Å². The highest BCUT2D eigenvalue weighted by atomic mass is 16.5. The summed E-state index contributed by atoms with van der Waals surface area (Å²) < 4.78 is 7.19. The summed E-state index contributed by atoms with van der Waals surface area (Å²) in [7, 11) is 0. The molecule has 0 aliphatic heterocycles. The van der Waals surface area contributed by atoms with Crippen LogP contribution in [-0.2, 0) is 13.0 Å². The minimum Gasteiger partial charge on any atom is -0.337 e. The Bertz CT molecular complexity index is 660. The molecule has 3 aromatic rings. The van der Waals surface area contributed by atoms with Gasteiger partial charge in [-0.15, -0.1) is 5.10 Å². The highest BCUT2D eigenvalue weighted by molar-refractivity contribution is 5.46. The average molecular weight is 256 g/mol. The molecule has 0 atom stereocenters. The molecular weight excluding hydrogens is 244 g/mol. The van der Waals surface area contributed by atoms with Gasteiger partial charge in [0.15, 0.2) is 0 Å². The second kappa shape index (κ2) is 4.97. The van der Waals surface area contributed by atoms with Crippen molar-refractivity contribution in [3.63, 3.8) is 0 Å². The van der Waals surface area contributed by atoms with Crippen molar-refractivity contribution >= 4 is 0 Å². The van der Waals surface area contributed by atoms with E-state index in [1.807, 2.05) is 10.8 Å². The van der Waals surface area contributed by atoms with Gasteiger partial charge in [0.05, 0.1) is 0 Å². The zero-order valence-corrected chi connectivity index (χ0v) is 10.4. The van der Waals surface area contributed by atoms with Crippen LogP contribution < -0.4 is 0 Å². The Hall–Kier alpha value is -2.57. The molecule has 0 aliphatic carbocycles. The number of rotatable bonds is 4. The molecule has 0 radical (unpaired) electrons. The number of nitrogens with zero attached hydrogens (tertiary/aromatic N) is 6. The van der Waals surface area contributed by atoms with Gasteiger partial charge in [0.2, 0.25) is 11.7 Å². The zero-order chi connectivity index (χ0) is 13.1. The Morgan fingerprint density at radius 2 is 2.26 bits per heavy atom. The molecule has 7 heteroatoms. The zero-order valence-electron chi connectivity index (χ0n) is 10.4. The average Bonchev–Trinajstić information content (AvgIpc) is 3.09. The highest BCUT2D eigenvalue weighted by Gasteiger charge is 2.11. The fourth-order valence-corrected chi connectivity index (χ4v) is 1.79. The summed E-state index contributed by atoms with van der Waals surface area (Å²) in [5.41, 5.74) is 0.596. The van der Waals surface area contributed by atoms with Crippen LogP contribution in [0, 0.1) is 0 Å². The second-order valence-corrected chi connectivity index (χ2v) is 3.95. The van der Waals surface area contributed by atoms with Crippen LogP contribution in [0.15, 0.2) is 35.2 Å². The first-order valence-electron chi connectivity index (χ1n) is 5.97. The van der Waals surface area contributed by atoms with E-state index in [-0.39, 0.29) is 0 Å². The Kier molecular flexibility index (Phi) is 3.01. The van der Waals surface area contributed by atoms with E-state index < -0.39 is 0 Å². The van der Waals surface area contributed by atoms with E-state index in [1.165, 1.54) is 0 Å². The van der Waals surface area contributed by atoms with Gasteiger partial charge in [-0.05, 0) is 12.1 Å². The van der Waals surface area contributed by atoms with Crippen LogP contribution in [0.5, 0.6) is 0 Å². The molecule has 3 rings (SSSR count). The maximum atomic E-state index is 5.21. The van der Waals surface area contributed by atoms with E-state index in [4.69, 9.17) is 4.52 Å². The van der Waals surface area contributed by atoms with Crippen molar-refractivity contribution in [3.8, 4) is 11.5 Å². The number of hydrogen-bond acceptors (Lipinski definition) is 6. The van der Waals surface area contributed by atoms with Gasteiger partial charge in [-0.1, -0.05) is 12.1 Å². The molecule has 0 fully saturated rings. The number of hydrogen-bond donors (Lipinski definition) is 0. The molecule has 3 aromatic heterocycles. The molecule has 7 nitrogen and oxygen atoms in total. The Balaban J connectivity index is 1.82. The van der Waals surface area contributed by atoms with E-state index in [2.05, 4.69) is 32.2 Å². The van der Waals surface area contributed by atoms with Crippen LogP contribution in [0.2, 0.25) is 0 Å². The van der Waals surface area contributed by atoms with E-state index in [0.717, 1.165) is 12.2 Å².